The van der Waals surface area contributed by atoms with E-state index in [0.717, 1.165) is 24.5 Å². The summed E-state index contributed by atoms with van der Waals surface area (Å²) in [4.78, 5) is 6.70. The molecule has 0 fully saturated rings. The van der Waals surface area contributed by atoms with Crippen LogP contribution >= 0.6 is 0 Å². The van der Waals surface area contributed by atoms with E-state index in [0.29, 0.717) is 6.54 Å². The SMILES string of the molecule is OCC1c2ccccc2CCN1Cc1ncn(-c2ccccc2)n1. The van der Waals surface area contributed by atoms with Gasteiger partial charge in [-0.2, -0.15) is 0 Å². The molecule has 122 valence electrons. The van der Waals surface area contributed by atoms with Gasteiger partial charge >= 0.3 is 0 Å². The summed E-state index contributed by atoms with van der Waals surface area (Å²) in [6, 6.07) is 18.3. The molecule has 1 N–H and O–H groups in total. The highest BCUT2D eigenvalue weighted by Crippen LogP contribution is 2.30. The zero-order valence-corrected chi connectivity index (χ0v) is 13.4. The molecule has 2 aromatic carbocycles. The van der Waals surface area contributed by atoms with Crippen molar-refractivity contribution in [3.63, 3.8) is 0 Å². The molecule has 0 radical (unpaired) electrons. The second-order valence-electron chi connectivity index (χ2n) is 6.06. The number of benzene rings is 2. The van der Waals surface area contributed by atoms with E-state index in [1.54, 1.807) is 11.0 Å². The van der Waals surface area contributed by atoms with Crippen molar-refractivity contribution >= 4 is 0 Å². The number of aliphatic hydroxyl groups is 1. The van der Waals surface area contributed by atoms with E-state index in [-0.39, 0.29) is 12.6 Å². The highest BCUT2D eigenvalue weighted by atomic mass is 16.3. The first-order valence-electron chi connectivity index (χ1n) is 8.24. The summed E-state index contributed by atoms with van der Waals surface area (Å²) >= 11 is 0. The zero-order chi connectivity index (χ0) is 16.4. The number of aliphatic hydroxyl groups excluding tert-OH is 1. The molecule has 0 amide bonds. The molecule has 3 aromatic rings. The summed E-state index contributed by atoms with van der Waals surface area (Å²) in [6.07, 6.45) is 2.74. The Morgan fingerprint density at radius 1 is 1.04 bits per heavy atom. The lowest BCUT2D eigenvalue weighted by molar-refractivity contribution is 0.105. The van der Waals surface area contributed by atoms with Crippen molar-refractivity contribution in [1.29, 1.82) is 0 Å². The summed E-state index contributed by atoms with van der Waals surface area (Å²) < 4.78 is 1.79. The molecule has 0 saturated heterocycles. The van der Waals surface area contributed by atoms with Gasteiger partial charge in [0.2, 0.25) is 0 Å². The molecule has 0 spiro atoms. The van der Waals surface area contributed by atoms with Crippen molar-refractivity contribution in [2.75, 3.05) is 13.2 Å². The normalized spacial score (nSPS) is 17.6. The summed E-state index contributed by atoms with van der Waals surface area (Å²) in [5.74, 6) is 0.775. The Kier molecular flexibility index (Phi) is 4.11. The van der Waals surface area contributed by atoms with Crippen molar-refractivity contribution in [1.82, 2.24) is 19.7 Å². The first-order chi connectivity index (χ1) is 11.8. The minimum atomic E-state index is 0.0126. The first-order valence-corrected chi connectivity index (χ1v) is 8.24. The maximum atomic E-state index is 9.88. The largest absolute Gasteiger partial charge is 0.394 e. The molecule has 5 heteroatoms. The fraction of sp³-hybridized carbons (Fsp3) is 0.263. The lowest BCUT2D eigenvalue weighted by atomic mass is 9.93. The number of aromatic nitrogens is 3. The second-order valence-corrected chi connectivity index (χ2v) is 6.06. The number of hydrogen-bond donors (Lipinski definition) is 1. The summed E-state index contributed by atoms with van der Waals surface area (Å²) in [6.45, 7) is 1.65. The van der Waals surface area contributed by atoms with Crippen LogP contribution in [0.4, 0.5) is 0 Å². The Bertz CT molecular complexity index is 815. The highest BCUT2D eigenvalue weighted by molar-refractivity contribution is 5.33. The minimum absolute atomic E-state index is 0.0126. The fourth-order valence-corrected chi connectivity index (χ4v) is 3.36. The van der Waals surface area contributed by atoms with Gasteiger partial charge in [0.25, 0.3) is 0 Å². The topological polar surface area (TPSA) is 54.2 Å². The molecule has 2 heterocycles. The Hall–Kier alpha value is -2.50. The highest BCUT2D eigenvalue weighted by Gasteiger charge is 2.27. The van der Waals surface area contributed by atoms with Gasteiger partial charge in [-0.05, 0) is 29.7 Å². The quantitative estimate of drug-likeness (QED) is 0.802. The van der Waals surface area contributed by atoms with Crippen molar-refractivity contribution in [3.8, 4) is 5.69 Å². The van der Waals surface area contributed by atoms with Crippen LogP contribution in [0.5, 0.6) is 0 Å². The number of nitrogens with zero attached hydrogens (tertiary/aromatic N) is 4. The van der Waals surface area contributed by atoms with Crippen LogP contribution in [0.3, 0.4) is 0 Å². The first kappa shape index (κ1) is 15.1. The van der Waals surface area contributed by atoms with Crippen LogP contribution in [-0.2, 0) is 13.0 Å². The van der Waals surface area contributed by atoms with Crippen LogP contribution in [0, 0.1) is 0 Å². The molecule has 1 unspecified atom stereocenters. The van der Waals surface area contributed by atoms with E-state index in [1.807, 2.05) is 36.4 Å². The fourth-order valence-electron chi connectivity index (χ4n) is 3.36. The number of para-hydroxylation sites is 1. The molecule has 1 aromatic heterocycles. The van der Waals surface area contributed by atoms with E-state index in [9.17, 15) is 5.11 Å². The average molecular weight is 320 g/mol. The molecule has 5 nitrogen and oxygen atoms in total. The predicted molar refractivity (Wildman–Crippen MR) is 91.7 cm³/mol. The van der Waals surface area contributed by atoms with Gasteiger partial charge in [0, 0.05) is 6.54 Å². The number of hydrogen-bond acceptors (Lipinski definition) is 4. The summed E-state index contributed by atoms with van der Waals surface area (Å²) in [5.41, 5.74) is 3.54. The van der Waals surface area contributed by atoms with Gasteiger partial charge in [-0.15, -0.1) is 5.10 Å². The van der Waals surface area contributed by atoms with Gasteiger partial charge in [-0.1, -0.05) is 42.5 Å². The van der Waals surface area contributed by atoms with Gasteiger partial charge in [0.05, 0.1) is 24.9 Å². The smallest absolute Gasteiger partial charge is 0.165 e. The van der Waals surface area contributed by atoms with E-state index in [4.69, 9.17) is 0 Å². The average Bonchev–Trinajstić information content (AvgIpc) is 3.11. The summed E-state index contributed by atoms with van der Waals surface area (Å²) in [7, 11) is 0. The van der Waals surface area contributed by atoms with Gasteiger partial charge in [0.15, 0.2) is 5.82 Å². The van der Waals surface area contributed by atoms with Gasteiger partial charge in [-0.3, -0.25) is 4.90 Å². The Morgan fingerprint density at radius 3 is 2.67 bits per heavy atom. The second kappa shape index (κ2) is 6.55. The van der Waals surface area contributed by atoms with Crippen molar-refractivity contribution in [3.05, 3.63) is 77.9 Å². The van der Waals surface area contributed by atoms with Crippen molar-refractivity contribution in [2.24, 2.45) is 0 Å². The van der Waals surface area contributed by atoms with Gasteiger partial charge < -0.3 is 5.11 Å². The molecular formula is C19H20N4O. The van der Waals surface area contributed by atoms with Crippen LogP contribution in [-0.4, -0.2) is 37.9 Å². The minimum Gasteiger partial charge on any atom is -0.394 e. The molecule has 0 saturated carbocycles. The predicted octanol–water partition coefficient (Wildman–Crippen LogP) is 2.36. The molecule has 1 atom stereocenters. The Balaban J connectivity index is 1.55. The van der Waals surface area contributed by atoms with E-state index >= 15 is 0 Å². The standard InChI is InChI=1S/C19H20N4O/c24-13-18-17-9-5-4-6-15(17)10-11-22(18)12-19-20-14-23(21-19)16-7-2-1-3-8-16/h1-9,14,18,24H,10-13H2. The van der Waals surface area contributed by atoms with Crippen LogP contribution < -0.4 is 0 Å². The molecule has 4 rings (SSSR count). The molecule has 0 aliphatic carbocycles. The Morgan fingerprint density at radius 2 is 1.83 bits per heavy atom. The maximum absolute atomic E-state index is 9.88. The molecule has 0 bridgehead atoms. The lowest BCUT2D eigenvalue weighted by Crippen LogP contribution is -2.37. The summed E-state index contributed by atoms with van der Waals surface area (Å²) in [5, 5.41) is 14.5. The third-order valence-corrected chi connectivity index (χ3v) is 4.60. The van der Waals surface area contributed by atoms with E-state index < -0.39 is 0 Å². The van der Waals surface area contributed by atoms with Crippen LogP contribution in [0.2, 0.25) is 0 Å². The lowest BCUT2D eigenvalue weighted by Gasteiger charge is -2.35. The zero-order valence-electron chi connectivity index (χ0n) is 13.4. The number of fused-ring (bicyclic) bond motifs is 1. The van der Waals surface area contributed by atoms with Crippen LogP contribution in [0.15, 0.2) is 60.9 Å². The third-order valence-electron chi connectivity index (χ3n) is 4.60. The monoisotopic (exact) mass is 320 g/mol. The molecule has 1 aliphatic heterocycles. The van der Waals surface area contributed by atoms with Gasteiger partial charge in [0.1, 0.15) is 6.33 Å². The van der Waals surface area contributed by atoms with Crippen LogP contribution in [0.25, 0.3) is 5.69 Å². The Labute approximate surface area is 141 Å². The maximum Gasteiger partial charge on any atom is 0.165 e. The molecule has 24 heavy (non-hydrogen) atoms. The van der Waals surface area contributed by atoms with E-state index in [1.165, 1.54) is 11.1 Å². The van der Waals surface area contributed by atoms with Gasteiger partial charge in [-0.25, -0.2) is 9.67 Å². The molecular weight excluding hydrogens is 300 g/mol. The van der Waals surface area contributed by atoms with Crippen molar-refractivity contribution < 1.29 is 5.11 Å². The van der Waals surface area contributed by atoms with Crippen LogP contribution in [0.1, 0.15) is 23.0 Å². The molecule has 1 aliphatic rings. The van der Waals surface area contributed by atoms with Crippen molar-refractivity contribution in [2.45, 2.75) is 19.0 Å². The van der Waals surface area contributed by atoms with E-state index in [2.05, 4.69) is 33.2 Å². The third kappa shape index (κ3) is 2.84. The number of rotatable bonds is 4.